The van der Waals surface area contributed by atoms with Crippen LogP contribution < -0.4 is 14.8 Å². The molecule has 0 aromatic heterocycles. The Bertz CT molecular complexity index is 1150. The number of hydrogen-bond acceptors (Lipinski definition) is 4. The Labute approximate surface area is 180 Å². The number of ether oxygens (including phenoxy) is 1. The van der Waals surface area contributed by atoms with E-state index in [9.17, 15) is 13.2 Å². The van der Waals surface area contributed by atoms with Crippen molar-refractivity contribution in [2.45, 2.75) is 17.9 Å². The fourth-order valence-electron chi connectivity index (χ4n) is 2.95. The largest absolute Gasteiger partial charge is 0.496 e. The van der Waals surface area contributed by atoms with Crippen molar-refractivity contribution in [1.29, 1.82) is 0 Å². The van der Waals surface area contributed by atoms with Gasteiger partial charge in [-0.2, -0.15) is 0 Å². The summed E-state index contributed by atoms with van der Waals surface area (Å²) < 4.78 is 33.4. The van der Waals surface area contributed by atoms with Gasteiger partial charge in [0.25, 0.3) is 15.9 Å². The van der Waals surface area contributed by atoms with E-state index in [4.69, 9.17) is 16.3 Å². The van der Waals surface area contributed by atoms with Crippen molar-refractivity contribution >= 4 is 33.2 Å². The second-order valence-electron chi connectivity index (χ2n) is 6.55. The predicted molar refractivity (Wildman–Crippen MR) is 118 cm³/mol. The number of halogens is 1. The maximum Gasteiger partial charge on any atom is 0.263 e. The normalized spacial score (nSPS) is 12.1. The number of anilines is 1. The van der Waals surface area contributed by atoms with E-state index in [0.29, 0.717) is 11.4 Å². The minimum Gasteiger partial charge on any atom is -0.496 e. The van der Waals surface area contributed by atoms with Gasteiger partial charge in [-0.05, 0) is 43.3 Å². The van der Waals surface area contributed by atoms with Gasteiger partial charge < -0.3 is 10.1 Å². The number of hydrogen-bond donors (Lipinski definition) is 2. The Morgan fingerprint density at radius 1 is 1.00 bits per heavy atom. The van der Waals surface area contributed by atoms with Crippen molar-refractivity contribution in [2.75, 3.05) is 11.8 Å². The van der Waals surface area contributed by atoms with Crippen molar-refractivity contribution in [1.82, 2.24) is 5.32 Å². The highest BCUT2D eigenvalue weighted by Crippen LogP contribution is 2.27. The molecular weight excluding hydrogens is 424 g/mol. The molecule has 1 amide bonds. The van der Waals surface area contributed by atoms with Crippen LogP contribution in [-0.4, -0.2) is 21.4 Å². The van der Waals surface area contributed by atoms with Crippen LogP contribution in [0, 0.1) is 0 Å². The van der Waals surface area contributed by atoms with Crippen LogP contribution in [0.25, 0.3) is 0 Å². The molecule has 0 radical (unpaired) electrons. The first-order chi connectivity index (χ1) is 14.3. The number of amides is 1. The molecule has 0 unspecified atom stereocenters. The first-order valence-electron chi connectivity index (χ1n) is 9.13. The van der Waals surface area contributed by atoms with Crippen LogP contribution in [0.3, 0.4) is 0 Å². The number of nitrogens with one attached hydrogen (secondary N) is 2. The monoisotopic (exact) mass is 444 g/mol. The standard InChI is InChI=1S/C22H21ClN2O4S/c1-15(18-10-6-7-11-20(18)29-2)24-22(26)16-12-13-19(23)21(14-16)30(27,28)25-17-8-4-3-5-9-17/h3-15,25H,1-2H3,(H,24,26)/t15-/m1/s1. The van der Waals surface area contributed by atoms with E-state index in [1.165, 1.54) is 18.2 Å². The highest BCUT2D eigenvalue weighted by atomic mass is 35.5. The van der Waals surface area contributed by atoms with Crippen molar-refractivity contribution < 1.29 is 17.9 Å². The Balaban J connectivity index is 1.84. The summed E-state index contributed by atoms with van der Waals surface area (Å²) in [6.07, 6.45) is 0. The van der Waals surface area contributed by atoms with E-state index in [-0.39, 0.29) is 21.5 Å². The summed E-state index contributed by atoms with van der Waals surface area (Å²) in [6.45, 7) is 1.82. The minimum absolute atomic E-state index is 0.0211. The molecule has 30 heavy (non-hydrogen) atoms. The molecule has 0 heterocycles. The van der Waals surface area contributed by atoms with Gasteiger partial charge in [0.2, 0.25) is 0 Å². The molecule has 6 nitrogen and oxygen atoms in total. The molecule has 3 rings (SSSR count). The van der Waals surface area contributed by atoms with Gasteiger partial charge in [0.1, 0.15) is 10.6 Å². The van der Waals surface area contributed by atoms with E-state index in [2.05, 4.69) is 10.0 Å². The topological polar surface area (TPSA) is 84.5 Å². The molecule has 0 aliphatic heterocycles. The van der Waals surface area contributed by atoms with Crippen molar-refractivity contribution in [3.63, 3.8) is 0 Å². The van der Waals surface area contributed by atoms with Gasteiger partial charge in [-0.15, -0.1) is 0 Å². The van der Waals surface area contributed by atoms with Gasteiger partial charge in [-0.3, -0.25) is 9.52 Å². The molecule has 3 aromatic carbocycles. The Morgan fingerprint density at radius 2 is 1.67 bits per heavy atom. The highest BCUT2D eigenvalue weighted by molar-refractivity contribution is 7.92. The quantitative estimate of drug-likeness (QED) is 0.556. The molecular formula is C22H21ClN2O4S. The number of carbonyl (C=O) groups excluding carboxylic acids is 1. The molecule has 0 saturated heterocycles. The van der Waals surface area contributed by atoms with Gasteiger partial charge in [0, 0.05) is 16.8 Å². The van der Waals surface area contributed by atoms with Gasteiger partial charge in [0.05, 0.1) is 18.2 Å². The van der Waals surface area contributed by atoms with Crippen molar-refractivity contribution in [3.8, 4) is 5.75 Å². The fourth-order valence-corrected chi connectivity index (χ4v) is 4.53. The zero-order valence-electron chi connectivity index (χ0n) is 16.4. The third kappa shape index (κ3) is 4.93. The minimum atomic E-state index is -3.97. The predicted octanol–water partition coefficient (Wildman–Crippen LogP) is 4.64. The van der Waals surface area contributed by atoms with Crippen LogP contribution in [-0.2, 0) is 10.0 Å². The van der Waals surface area contributed by atoms with E-state index in [1.807, 2.05) is 25.1 Å². The van der Waals surface area contributed by atoms with Gasteiger partial charge in [-0.25, -0.2) is 8.42 Å². The van der Waals surface area contributed by atoms with Crippen LogP contribution in [0.5, 0.6) is 5.75 Å². The Morgan fingerprint density at radius 3 is 2.37 bits per heavy atom. The van der Waals surface area contributed by atoms with Crippen LogP contribution in [0.1, 0.15) is 28.9 Å². The molecule has 8 heteroatoms. The number of carbonyl (C=O) groups is 1. The second kappa shape index (κ2) is 9.19. The molecule has 0 saturated carbocycles. The van der Waals surface area contributed by atoms with Gasteiger partial charge >= 0.3 is 0 Å². The molecule has 0 spiro atoms. The maximum atomic E-state index is 12.8. The summed E-state index contributed by atoms with van der Waals surface area (Å²) >= 11 is 6.13. The van der Waals surface area contributed by atoms with E-state index in [1.54, 1.807) is 43.5 Å². The molecule has 156 valence electrons. The van der Waals surface area contributed by atoms with Crippen LogP contribution >= 0.6 is 11.6 Å². The van der Waals surface area contributed by atoms with Crippen molar-refractivity contribution in [2.24, 2.45) is 0 Å². The lowest BCUT2D eigenvalue weighted by molar-refractivity contribution is 0.0939. The lowest BCUT2D eigenvalue weighted by atomic mass is 10.1. The maximum absolute atomic E-state index is 12.8. The third-order valence-electron chi connectivity index (χ3n) is 4.46. The second-order valence-corrected chi connectivity index (χ2v) is 8.61. The molecule has 1 atom stereocenters. The molecule has 0 aliphatic rings. The SMILES string of the molecule is COc1ccccc1[C@@H](C)NC(=O)c1ccc(Cl)c(S(=O)(=O)Nc2ccccc2)c1. The highest BCUT2D eigenvalue weighted by Gasteiger charge is 2.21. The number of benzene rings is 3. The first kappa shape index (κ1) is 21.7. The van der Waals surface area contributed by atoms with Crippen LogP contribution in [0.2, 0.25) is 5.02 Å². The molecule has 0 bridgehead atoms. The summed E-state index contributed by atoms with van der Waals surface area (Å²) in [5.74, 6) is 0.220. The summed E-state index contributed by atoms with van der Waals surface area (Å²) in [6, 6.07) is 19.6. The first-order valence-corrected chi connectivity index (χ1v) is 11.0. The third-order valence-corrected chi connectivity index (χ3v) is 6.32. The Hall–Kier alpha value is -3.03. The van der Waals surface area contributed by atoms with E-state index >= 15 is 0 Å². The van der Waals surface area contributed by atoms with E-state index in [0.717, 1.165) is 5.56 Å². The smallest absolute Gasteiger partial charge is 0.263 e. The summed E-state index contributed by atoms with van der Waals surface area (Å²) in [7, 11) is -2.41. The van der Waals surface area contributed by atoms with E-state index < -0.39 is 15.9 Å². The Kier molecular flexibility index (Phi) is 6.64. The molecule has 3 aromatic rings. The molecule has 0 aliphatic carbocycles. The molecule has 2 N–H and O–H groups in total. The number of rotatable bonds is 7. The lowest BCUT2D eigenvalue weighted by Crippen LogP contribution is -2.27. The molecule has 0 fully saturated rings. The number of methoxy groups -OCH3 is 1. The van der Waals surface area contributed by atoms with Gasteiger partial charge in [-0.1, -0.05) is 48.0 Å². The zero-order valence-corrected chi connectivity index (χ0v) is 18.0. The van der Waals surface area contributed by atoms with Crippen molar-refractivity contribution in [3.05, 3.63) is 88.9 Å². The summed E-state index contributed by atoms with van der Waals surface area (Å²) in [5.41, 5.74) is 1.38. The van der Waals surface area contributed by atoms with Crippen LogP contribution in [0.15, 0.2) is 77.7 Å². The van der Waals surface area contributed by atoms with Crippen LogP contribution in [0.4, 0.5) is 5.69 Å². The lowest BCUT2D eigenvalue weighted by Gasteiger charge is -2.18. The zero-order chi connectivity index (χ0) is 21.7. The van der Waals surface area contributed by atoms with Gasteiger partial charge in [0.15, 0.2) is 0 Å². The average molecular weight is 445 g/mol. The summed E-state index contributed by atoms with van der Waals surface area (Å²) in [5, 5.41) is 2.88. The number of para-hydroxylation sites is 2. The number of sulfonamides is 1. The average Bonchev–Trinajstić information content (AvgIpc) is 2.74. The summed E-state index contributed by atoms with van der Waals surface area (Å²) in [4.78, 5) is 12.6. The fraction of sp³-hybridized carbons (Fsp3) is 0.136.